The maximum atomic E-state index is 11.8. The summed E-state index contributed by atoms with van der Waals surface area (Å²) in [4.78, 5) is 20.5. The van der Waals surface area contributed by atoms with Crippen LogP contribution < -0.4 is 16.0 Å². The first-order valence-electron chi connectivity index (χ1n) is 7.97. The summed E-state index contributed by atoms with van der Waals surface area (Å²) in [6, 6.07) is 0. The summed E-state index contributed by atoms with van der Waals surface area (Å²) >= 11 is 0. The molecular formula is C16H29N5O2. The molecule has 1 aromatic rings. The predicted octanol–water partition coefficient (Wildman–Crippen LogP) is 1.51. The maximum absolute atomic E-state index is 11.8. The molecule has 1 heterocycles. The molecular weight excluding hydrogens is 294 g/mol. The van der Waals surface area contributed by atoms with Gasteiger partial charge in [0.1, 0.15) is 12.3 Å². The van der Waals surface area contributed by atoms with E-state index < -0.39 is 0 Å². The third kappa shape index (κ3) is 6.71. The molecule has 0 radical (unpaired) electrons. The summed E-state index contributed by atoms with van der Waals surface area (Å²) in [7, 11) is 0. The Morgan fingerprint density at radius 3 is 2.35 bits per heavy atom. The van der Waals surface area contributed by atoms with E-state index in [2.05, 4.69) is 25.9 Å². The largest absolute Gasteiger partial charge is 0.444 e. The van der Waals surface area contributed by atoms with Gasteiger partial charge in [-0.05, 0) is 20.8 Å². The summed E-state index contributed by atoms with van der Waals surface area (Å²) in [6.45, 7) is 13.7. The molecule has 0 aliphatic rings. The molecule has 1 amide bonds. The Hall–Kier alpha value is -2.05. The van der Waals surface area contributed by atoms with Crippen LogP contribution in [0, 0.1) is 19.3 Å². The summed E-state index contributed by atoms with van der Waals surface area (Å²) in [5, 5.41) is 9.21. The fraction of sp³-hybridized carbons (Fsp3) is 0.688. The summed E-state index contributed by atoms with van der Waals surface area (Å²) in [6.07, 6.45) is 0. The van der Waals surface area contributed by atoms with Crippen molar-refractivity contribution in [1.29, 1.82) is 0 Å². The third-order valence-corrected chi connectivity index (χ3v) is 3.17. The Morgan fingerprint density at radius 1 is 1.17 bits per heavy atom. The number of carbonyl (C=O) groups is 1. The van der Waals surface area contributed by atoms with Crippen LogP contribution in [-0.4, -0.2) is 36.5 Å². The van der Waals surface area contributed by atoms with Gasteiger partial charge in [0, 0.05) is 25.0 Å². The molecule has 1 aromatic heterocycles. The van der Waals surface area contributed by atoms with Crippen molar-refractivity contribution in [2.45, 2.75) is 48.1 Å². The van der Waals surface area contributed by atoms with Gasteiger partial charge >= 0.3 is 0 Å². The van der Waals surface area contributed by atoms with Crippen LogP contribution in [0.5, 0.6) is 0 Å². The fourth-order valence-corrected chi connectivity index (χ4v) is 1.72. The predicted molar refractivity (Wildman–Crippen MR) is 91.3 cm³/mol. The maximum Gasteiger partial charge on any atom is 0.225 e. The van der Waals surface area contributed by atoms with Crippen LogP contribution in [0.2, 0.25) is 0 Å². The Labute approximate surface area is 138 Å². The van der Waals surface area contributed by atoms with Crippen LogP contribution in [0.4, 0.5) is 0 Å². The fourth-order valence-electron chi connectivity index (χ4n) is 1.72. The second-order valence-electron chi connectivity index (χ2n) is 6.38. The van der Waals surface area contributed by atoms with Gasteiger partial charge in [0.2, 0.25) is 11.8 Å². The van der Waals surface area contributed by atoms with E-state index in [0.717, 1.165) is 18.0 Å². The average Bonchev–Trinajstić information content (AvgIpc) is 2.78. The van der Waals surface area contributed by atoms with Crippen molar-refractivity contribution in [2.24, 2.45) is 10.4 Å². The van der Waals surface area contributed by atoms with Gasteiger partial charge < -0.3 is 20.4 Å². The van der Waals surface area contributed by atoms with Crippen LogP contribution in [0.1, 0.15) is 45.0 Å². The van der Waals surface area contributed by atoms with E-state index in [4.69, 9.17) is 4.42 Å². The van der Waals surface area contributed by atoms with E-state index in [1.165, 1.54) is 0 Å². The molecule has 130 valence electrons. The van der Waals surface area contributed by atoms with Gasteiger partial charge in [-0.15, -0.1) is 0 Å². The zero-order valence-electron chi connectivity index (χ0n) is 15.0. The molecule has 0 bridgehead atoms. The summed E-state index contributed by atoms with van der Waals surface area (Å²) in [5.74, 6) is 2.12. The van der Waals surface area contributed by atoms with Crippen molar-refractivity contribution in [3.05, 3.63) is 17.3 Å². The lowest BCUT2D eigenvalue weighted by molar-refractivity contribution is -0.128. The van der Waals surface area contributed by atoms with Gasteiger partial charge in [-0.3, -0.25) is 4.79 Å². The Bertz CT molecular complexity index is 524. The Kier molecular flexibility index (Phi) is 7.06. The van der Waals surface area contributed by atoms with Crippen molar-refractivity contribution in [3.8, 4) is 0 Å². The highest BCUT2D eigenvalue weighted by molar-refractivity contribution is 5.81. The number of aliphatic imine (C=N–C) groups is 1. The number of oxazole rings is 1. The van der Waals surface area contributed by atoms with Gasteiger partial charge in [0.25, 0.3) is 0 Å². The monoisotopic (exact) mass is 323 g/mol. The second kappa shape index (κ2) is 8.55. The van der Waals surface area contributed by atoms with Crippen molar-refractivity contribution >= 4 is 11.9 Å². The molecule has 0 saturated heterocycles. The van der Waals surface area contributed by atoms with Gasteiger partial charge in [-0.2, -0.15) is 0 Å². The first kappa shape index (κ1) is 19.0. The number of aryl methyl sites for hydroxylation is 2. The highest BCUT2D eigenvalue weighted by Crippen LogP contribution is 2.11. The molecule has 0 aromatic carbocycles. The standard InChI is InChI=1S/C16H29N5O2/c1-7-17-15(19-9-8-18-14(22)16(4,5)6)20-10-13-21-11(2)12(3)23-13/h7-10H2,1-6H3,(H,18,22)(H2,17,19,20). The normalized spacial score (nSPS) is 12.2. The van der Waals surface area contributed by atoms with E-state index in [1.54, 1.807) is 0 Å². The van der Waals surface area contributed by atoms with Crippen LogP contribution in [0.25, 0.3) is 0 Å². The molecule has 0 fully saturated rings. The molecule has 0 aliphatic carbocycles. The van der Waals surface area contributed by atoms with Crippen LogP contribution >= 0.6 is 0 Å². The number of nitrogens with one attached hydrogen (secondary N) is 3. The lowest BCUT2D eigenvalue weighted by Crippen LogP contribution is -2.43. The van der Waals surface area contributed by atoms with Crippen LogP contribution in [-0.2, 0) is 11.3 Å². The molecule has 0 unspecified atom stereocenters. The number of hydrogen-bond acceptors (Lipinski definition) is 4. The van der Waals surface area contributed by atoms with E-state index in [1.807, 2.05) is 41.5 Å². The first-order valence-corrected chi connectivity index (χ1v) is 7.97. The topological polar surface area (TPSA) is 91.6 Å². The lowest BCUT2D eigenvalue weighted by Gasteiger charge is -2.18. The SMILES string of the molecule is CCNC(=NCc1nc(C)c(C)o1)NCCNC(=O)C(C)(C)C. The molecule has 7 nitrogen and oxygen atoms in total. The highest BCUT2D eigenvalue weighted by Gasteiger charge is 2.20. The number of rotatable bonds is 6. The Morgan fingerprint density at radius 2 is 1.83 bits per heavy atom. The second-order valence-corrected chi connectivity index (χ2v) is 6.38. The van der Waals surface area contributed by atoms with Crippen molar-refractivity contribution in [2.75, 3.05) is 19.6 Å². The molecule has 3 N–H and O–H groups in total. The molecule has 0 aliphatic heterocycles. The zero-order valence-corrected chi connectivity index (χ0v) is 15.0. The van der Waals surface area contributed by atoms with Gasteiger partial charge in [-0.25, -0.2) is 9.98 Å². The minimum absolute atomic E-state index is 0.0342. The van der Waals surface area contributed by atoms with Crippen molar-refractivity contribution in [3.63, 3.8) is 0 Å². The molecule has 0 saturated carbocycles. The number of hydrogen-bond donors (Lipinski definition) is 3. The molecule has 23 heavy (non-hydrogen) atoms. The van der Waals surface area contributed by atoms with Crippen molar-refractivity contribution < 1.29 is 9.21 Å². The number of aromatic nitrogens is 1. The zero-order chi connectivity index (χ0) is 17.5. The number of amides is 1. The summed E-state index contributed by atoms with van der Waals surface area (Å²) in [5.41, 5.74) is 0.511. The van der Waals surface area contributed by atoms with E-state index >= 15 is 0 Å². The van der Waals surface area contributed by atoms with Crippen molar-refractivity contribution in [1.82, 2.24) is 20.9 Å². The van der Waals surface area contributed by atoms with E-state index in [-0.39, 0.29) is 11.3 Å². The minimum atomic E-state index is -0.376. The minimum Gasteiger partial charge on any atom is -0.444 e. The molecule has 0 atom stereocenters. The first-order chi connectivity index (χ1) is 10.7. The average molecular weight is 323 g/mol. The Balaban J connectivity index is 2.45. The number of nitrogens with zero attached hydrogens (tertiary/aromatic N) is 2. The van der Waals surface area contributed by atoms with Gasteiger partial charge in [-0.1, -0.05) is 20.8 Å². The molecule has 1 rings (SSSR count). The van der Waals surface area contributed by atoms with Crippen LogP contribution in [0.15, 0.2) is 9.41 Å². The quantitative estimate of drug-likeness (QED) is 0.419. The lowest BCUT2D eigenvalue weighted by atomic mass is 9.96. The van der Waals surface area contributed by atoms with Crippen LogP contribution in [0.3, 0.4) is 0 Å². The molecule has 7 heteroatoms. The van der Waals surface area contributed by atoms with E-state index in [9.17, 15) is 4.79 Å². The van der Waals surface area contributed by atoms with Gasteiger partial charge in [0.15, 0.2) is 5.96 Å². The number of carbonyl (C=O) groups excluding carboxylic acids is 1. The summed E-state index contributed by atoms with van der Waals surface area (Å²) < 4.78 is 5.51. The van der Waals surface area contributed by atoms with Gasteiger partial charge in [0.05, 0.1) is 5.69 Å². The highest BCUT2D eigenvalue weighted by atomic mass is 16.4. The number of guanidine groups is 1. The third-order valence-electron chi connectivity index (χ3n) is 3.17. The van der Waals surface area contributed by atoms with E-state index in [0.29, 0.717) is 31.5 Å². The molecule has 0 spiro atoms. The smallest absolute Gasteiger partial charge is 0.225 e.